The molecule has 1 aromatic carbocycles. The molecule has 7 nitrogen and oxygen atoms in total. The average molecular weight is 458 g/mol. The summed E-state index contributed by atoms with van der Waals surface area (Å²) in [4.78, 5) is 11.2. The fraction of sp³-hybridized carbons (Fsp3) is 0.364. The van der Waals surface area contributed by atoms with Gasteiger partial charge in [0.05, 0.1) is 10.7 Å². The highest BCUT2D eigenvalue weighted by atomic mass is 32.2. The maximum absolute atomic E-state index is 12.8. The summed E-state index contributed by atoms with van der Waals surface area (Å²) in [5, 5.41) is 6.41. The topological polar surface area (TPSA) is 78.4 Å². The third-order valence-corrected chi connectivity index (χ3v) is 8.08. The van der Waals surface area contributed by atoms with Gasteiger partial charge in [0, 0.05) is 49.9 Å². The average Bonchev–Trinajstić information content (AvgIpc) is 3.21. The molecule has 31 heavy (non-hydrogen) atoms. The maximum Gasteiger partial charge on any atom is 0.244 e. The van der Waals surface area contributed by atoms with Gasteiger partial charge in [-0.3, -0.25) is 0 Å². The molecule has 1 saturated heterocycles. The van der Waals surface area contributed by atoms with Crippen molar-refractivity contribution in [3.8, 4) is 11.3 Å². The van der Waals surface area contributed by atoms with E-state index in [4.69, 9.17) is 0 Å². The Balaban J connectivity index is 1.30. The van der Waals surface area contributed by atoms with Crippen LogP contribution in [0.3, 0.4) is 0 Å². The van der Waals surface area contributed by atoms with E-state index in [1.165, 1.54) is 16.1 Å². The van der Waals surface area contributed by atoms with Crippen molar-refractivity contribution in [1.82, 2.24) is 19.2 Å². The van der Waals surface area contributed by atoms with Gasteiger partial charge in [0.15, 0.2) is 0 Å². The van der Waals surface area contributed by atoms with E-state index in [2.05, 4.69) is 49.8 Å². The molecule has 164 valence electrons. The van der Waals surface area contributed by atoms with Crippen molar-refractivity contribution in [2.45, 2.75) is 18.2 Å². The molecule has 1 aliphatic heterocycles. The number of piperazine rings is 1. The molecule has 3 aromatic rings. The van der Waals surface area contributed by atoms with Crippen molar-refractivity contribution in [1.29, 1.82) is 0 Å². The summed E-state index contributed by atoms with van der Waals surface area (Å²) in [6, 6.07) is 11.8. The third kappa shape index (κ3) is 5.30. The first-order valence-electron chi connectivity index (χ1n) is 10.3. The maximum atomic E-state index is 12.8. The van der Waals surface area contributed by atoms with Crippen molar-refractivity contribution >= 4 is 27.2 Å². The first kappa shape index (κ1) is 21.9. The van der Waals surface area contributed by atoms with Crippen LogP contribution in [-0.4, -0.2) is 67.4 Å². The summed E-state index contributed by atoms with van der Waals surface area (Å²) in [7, 11) is -1.48. The van der Waals surface area contributed by atoms with Crippen LogP contribution in [0.2, 0.25) is 0 Å². The van der Waals surface area contributed by atoms with Gasteiger partial charge in [0.1, 0.15) is 10.7 Å². The van der Waals surface area contributed by atoms with Gasteiger partial charge in [-0.05, 0) is 38.1 Å². The number of pyridine rings is 1. The fourth-order valence-electron chi connectivity index (χ4n) is 3.49. The molecule has 1 N–H and O–H groups in total. The number of aromatic nitrogens is 2. The number of nitrogens with zero attached hydrogens (tertiary/aromatic N) is 4. The Morgan fingerprint density at radius 1 is 1.06 bits per heavy atom. The lowest BCUT2D eigenvalue weighted by Crippen LogP contribution is -2.47. The van der Waals surface area contributed by atoms with E-state index in [0.717, 1.165) is 35.8 Å². The van der Waals surface area contributed by atoms with Crippen LogP contribution < -0.4 is 5.32 Å². The lowest BCUT2D eigenvalue weighted by atomic mass is 10.1. The van der Waals surface area contributed by atoms with Gasteiger partial charge in [-0.25, -0.2) is 18.4 Å². The molecular weight excluding hydrogens is 430 g/mol. The monoisotopic (exact) mass is 457 g/mol. The van der Waals surface area contributed by atoms with E-state index in [9.17, 15) is 8.42 Å². The van der Waals surface area contributed by atoms with Gasteiger partial charge in [-0.15, -0.1) is 11.3 Å². The van der Waals surface area contributed by atoms with Crippen LogP contribution in [0.4, 0.5) is 5.82 Å². The predicted molar refractivity (Wildman–Crippen MR) is 125 cm³/mol. The third-order valence-electron chi connectivity index (χ3n) is 5.42. The SMILES string of the molecule is Cc1nc(-c2ccc(CCNc3ccc(S(=O)(=O)N4CCN(C)CC4)cn3)cc2)cs1. The van der Waals surface area contributed by atoms with Gasteiger partial charge in [0.25, 0.3) is 0 Å². The van der Waals surface area contributed by atoms with Gasteiger partial charge in [-0.1, -0.05) is 24.3 Å². The van der Waals surface area contributed by atoms with Gasteiger partial charge in [-0.2, -0.15) is 4.31 Å². The molecule has 0 saturated carbocycles. The van der Waals surface area contributed by atoms with Crippen molar-refractivity contribution in [2.24, 2.45) is 0 Å². The van der Waals surface area contributed by atoms with Crippen LogP contribution in [0, 0.1) is 6.92 Å². The summed E-state index contributed by atoms with van der Waals surface area (Å²) in [5.41, 5.74) is 3.36. The molecular formula is C22H27N5O2S2. The molecule has 0 radical (unpaired) electrons. The van der Waals surface area contributed by atoms with Crippen LogP contribution in [0.5, 0.6) is 0 Å². The number of anilines is 1. The Morgan fingerprint density at radius 3 is 2.42 bits per heavy atom. The Morgan fingerprint density at radius 2 is 1.81 bits per heavy atom. The largest absolute Gasteiger partial charge is 0.370 e. The lowest BCUT2D eigenvalue weighted by molar-refractivity contribution is 0.222. The van der Waals surface area contributed by atoms with Crippen molar-refractivity contribution in [3.05, 3.63) is 58.5 Å². The smallest absolute Gasteiger partial charge is 0.244 e. The summed E-state index contributed by atoms with van der Waals surface area (Å²) < 4.78 is 27.1. The van der Waals surface area contributed by atoms with Crippen molar-refractivity contribution in [2.75, 3.05) is 45.1 Å². The first-order valence-corrected chi connectivity index (χ1v) is 12.6. The first-order chi connectivity index (χ1) is 14.9. The second-order valence-electron chi connectivity index (χ2n) is 7.71. The molecule has 0 unspecified atom stereocenters. The molecule has 0 bridgehead atoms. The number of aryl methyl sites for hydroxylation is 1. The van der Waals surface area contributed by atoms with Crippen molar-refractivity contribution < 1.29 is 8.42 Å². The van der Waals surface area contributed by atoms with E-state index in [1.807, 2.05) is 14.0 Å². The highest BCUT2D eigenvalue weighted by molar-refractivity contribution is 7.89. The molecule has 1 fully saturated rings. The second kappa shape index (κ2) is 9.44. The molecule has 9 heteroatoms. The minimum atomic E-state index is -3.48. The Hall–Kier alpha value is -2.33. The lowest BCUT2D eigenvalue weighted by Gasteiger charge is -2.31. The van der Waals surface area contributed by atoms with Gasteiger partial charge < -0.3 is 10.2 Å². The van der Waals surface area contributed by atoms with E-state index >= 15 is 0 Å². The van der Waals surface area contributed by atoms with Crippen LogP contribution in [-0.2, 0) is 16.4 Å². The fourth-order valence-corrected chi connectivity index (χ4v) is 5.48. The molecule has 2 aromatic heterocycles. The molecule has 3 heterocycles. The van der Waals surface area contributed by atoms with E-state index in [0.29, 0.717) is 25.5 Å². The van der Waals surface area contributed by atoms with Crippen molar-refractivity contribution in [3.63, 3.8) is 0 Å². The standard InChI is InChI=1S/C22H27N5O2S2/c1-17-25-21(16-30-17)19-5-3-18(4-6-19)9-10-23-22-8-7-20(15-24-22)31(28,29)27-13-11-26(2)12-14-27/h3-8,15-16H,9-14H2,1-2H3,(H,23,24). The summed E-state index contributed by atoms with van der Waals surface area (Å²) in [6.45, 7) is 5.25. The van der Waals surface area contributed by atoms with E-state index in [1.54, 1.807) is 23.5 Å². The molecule has 0 amide bonds. The Labute approximate surface area is 187 Å². The molecule has 1 aliphatic rings. The van der Waals surface area contributed by atoms with Gasteiger partial charge >= 0.3 is 0 Å². The van der Waals surface area contributed by atoms with Crippen LogP contribution in [0.25, 0.3) is 11.3 Å². The highest BCUT2D eigenvalue weighted by Crippen LogP contribution is 2.22. The molecule has 0 spiro atoms. The minimum Gasteiger partial charge on any atom is -0.370 e. The highest BCUT2D eigenvalue weighted by Gasteiger charge is 2.27. The summed E-state index contributed by atoms with van der Waals surface area (Å²) >= 11 is 1.66. The number of benzene rings is 1. The number of rotatable bonds is 7. The van der Waals surface area contributed by atoms with E-state index < -0.39 is 10.0 Å². The zero-order chi connectivity index (χ0) is 21.8. The summed E-state index contributed by atoms with van der Waals surface area (Å²) in [5.74, 6) is 0.673. The van der Waals surface area contributed by atoms with E-state index in [-0.39, 0.29) is 4.90 Å². The van der Waals surface area contributed by atoms with Crippen LogP contribution in [0.1, 0.15) is 10.6 Å². The quantitative estimate of drug-likeness (QED) is 0.587. The number of nitrogens with one attached hydrogen (secondary N) is 1. The summed E-state index contributed by atoms with van der Waals surface area (Å²) in [6.07, 6.45) is 2.29. The number of hydrogen-bond donors (Lipinski definition) is 1. The number of hydrogen-bond acceptors (Lipinski definition) is 7. The van der Waals surface area contributed by atoms with Crippen LogP contribution in [0.15, 0.2) is 52.9 Å². The number of sulfonamides is 1. The minimum absolute atomic E-state index is 0.246. The Bertz CT molecular complexity index is 1100. The molecule has 0 atom stereocenters. The zero-order valence-corrected chi connectivity index (χ0v) is 19.4. The predicted octanol–water partition coefficient (Wildman–Crippen LogP) is 3.10. The second-order valence-corrected chi connectivity index (χ2v) is 10.7. The molecule has 4 rings (SSSR count). The zero-order valence-electron chi connectivity index (χ0n) is 17.8. The normalized spacial score (nSPS) is 15.8. The number of thiazole rings is 1. The number of likely N-dealkylation sites (N-methyl/N-ethyl adjacent to an activating group) is 1. The van der Waals surface area contributed by atoms with Crippen LogP contribution >= 0.6 is 11.3 Å². The Kier molecular flexibility index (Phi) is 6.66. The van der Waals surface area contributed by atoms with Gasteiger partial charge in [0.2, 0.25) is 10.0 Å². The molecule has 0 aliphatic carbocycles.